The number of carbonyl (C=O) groups excluding carboxylic acids is 1. The number of benzene rings is 1. The smallest absolute Gasteiger partial charge is 0.258 e. The van der Waals surface area contributed by atoms with Crippen molar-refractivity contribution < 1.29 is 4.79 Å². The summed E-state index contributed by atoms with van der Waals surface area (Å²) in [6, 6.07) is 9.38. The average molecular weight is 269 g/mol. The molecule has 2 heterocycles. The Balaban J connectivity index is 2.23. The van der Waals surface area contributed by atoms with Crippen molar-refractivity contribution in [1.82, 2.24) is 4.98 Å². The third-order valence-electron chi connectivity index (χ3n) is 2.91. The van der Waals surface area contributed by atoms with Crippen LogP contribution in [0.1, 0.15) is 9.67 Å². The Kier molecular flexibility index (Phi) is 2.68. The number of nitrogen functional groups attached to an aromatic ring is 1. The van der Waals surface area contributed by atoms with E-state index in [1.54, 1.807) is 12.4 Å². The molecular formula is C14H11N3OS. The molecule has 94 valence electrons. The first-order chi connectivity index (χ1) is 9.15. The maximum absolute atomic E-state index is 11.3. The van der Waals surface area contributed by atoms with Crippen LogP contribution in [0.3, 0.4) is 0 Å². The first-order valence-corrected chi connectivity index (χ1v) is 6.50. The number of anilines is 1. The molecule has 5 heteroatoms. The number of aromatic nitrogens is 1. The summed E-state index contributed by atoms with van der Waals surface area (Å²) >= 11 is 1.36. The van der Waals surface area contributed by atoms with Gasteiger partial charge in [-0.2, -0.15) is 0 Å². The number of pyridine rings is 1. The van der Waals surface area contributed by atoms with Crippen LogP contribution in [-0.4, -0.2) is 10.9 Å². The molecule has 0 saturated heterocycles. The maximum atomic E-state index is 11.3. The average Bonchev–Trinajstić information content (AvgIpc) is 2.83. The zero-order valence-corrected chi connectivity index (χ0v) is 10.8. The molecule has 4 nitrogen and oxygen atoms in total. The molecular weight excluding hydrogens is 258 g/mol. The zero-order chi connectivity index (χ0) is 13.4. The van der Waals surface area contributed by atoms with Gasteiger partial charge in [0.15, 0.2) is 0 Å². The van der Waals surface area contributed by atoms with E-state index in [9.17, 15) is 4.79 Å². The molecule has 3 aromatic rings. The fourth-order valence-corrected chi connectivity index (χ4v) is 2.88. The number of nitrogens with zero attached hydrogens (tertiary/aromatic N) is 1. The van der Waals surface area contributed by atoms with Gasteiger partial charge >= 0.3 is 0 Å². The van der Waals surface area contributed by atoms with Crippen molar-refractivity contribution in [2.75, 3.05) is 5.73 Å². The van der Waals surface area contributed by atoms with Gasteiger partial charge in [0.1, 0.15) is 0 Å². The lowest BCUT2D eigenvalue weighted by atomic mass is 10.0. The Morgan fingerprint density at radius 2 is 1.89 bits per heavy atom. The van der Waals surface area contributed by atoms with Gasteiger partial charge in [0.05, 0.1) is 9.58 Å². The number of carbonyl (C=O) groups is 1. The van der Waals surface area contributed by atoms with Gasteiger partial charge in [-0.15, -0.1) is 11.3 Å². The molecule has 0 radical (unpaired) electrons. The van der Waals surface area contributed by atoms with Crippen LogP contribution in [0.4, 0.5) is 5.69 Å². The summed E-state index contributed by atoms with van der Waals surface area (Å²) < 4.78 is 0.947. The highest BCUT2D eigenvalue weighted by Gasteiger charge is 2.11. The highest BCUT2D eigenvalue weighted by Crippen LogP contribution is 2.33. The van der Waals surface area contributed by atoms with Crippen LogP contribution in [-0.2, 0) is 0 Å². The molecule has 0 bridgehead atoms. The van der Waals surface area contributed by atoms with Gasteiger partial charge < -0.3 is 11.5 Å². The van der Waals surface area contributed by atoms with Gasteiger partial charge in [0.25, 0.3) is 5.91 Å². The molecule has 1 amide bonds. The molecule has 3 rings (SSSR count). The van der Waals surface area contributed by atoms with E-state index >= 15 is 0 Å². The van der Waals surface area contributed by atoms with Crippen LogP contribution in [0, 0.1) is 0 Å². The van der Waals surface area contributed by atoms with Crippen LogP contribution in [0.25, 0.3) is 21.2 Å². The Morgan fingerprint density at radius 1 is 1.16 bits per heavy atom. The minimum Gasteiger partial charge on any atom is -0.399 e. The Hall–Kier alpha value is -2.40. The minimum atomic E-state index is -0.413. The van der Waals surface area contributed by atoms with E-state index in [-0.39, 0.29) is 0 Å². The van der Waals surface area contributed by atoms with Crippen molar-refractivity contribution in [2.45, 2.75) is 0 Å². The molecule has 19 heavy (non-hydrogen) atoms. The van der Waals surface area contributed by atoms with Crippen LogP contribution in [0.5, 0.6) is 0 Å². The van der Waals surface area contributed by atoms with E-state index < -0.39 is 5.91 Å². The first-order valence-electron chi connectivity index (χ1n) is 5.68. The molecule has 0 saturated carbocycles. The number of amides is 1. The van der Waals surface area contributed by atoms with Gasteiger partial charge in [-0.1, -0.05) is 12.1 Å². The van der Waals surface area contributed by atoms with Gasteiger partial charge in [-0.3, -0.25) is 9.78 Å². The van der Waals surface area contributed by atoms with Gasteiger partial charge in [0.2, 0.25) is 0 Å². The second kappa shape index (κ2) is 4.37. The monoisotopic (exact) mass is 269 g/mol. The normalized spacial score (nSPS) is 10.7. The van der Waals surface area contributed by atoms with E-state index in [0.29, 0.717) is 10.6 Å². The molecule has 0 aliphatic carbocycles. The second-order valence-corrected chi connectivity index (χ2v) is 5.28. The predicted octanol–water partition coefficient (Wildman–Crippen LogP) is 2.64. The summed E-state index contributed by atoms with van der Waals surface area (Å²) in [4.78, 5) is 16.0. The molecule has 0 atom stereocenters. The fraction of sp³-hybridized carbons (Fsp3) is 0. The van der Waals surface area contributed by atoms with Crippen molar-refractivity contribution in [1.29, 1.82) is 0 Å². The van der Waals surface area contributed by atoms with E-state index in [2.05, 4.69) is 4.98 Å². The summed E-state index contributed by atoms with van der Waals surface area (Å²) in [5, 5.41) is 0.985. The third kappa shape index (κ3) is 2.04. The van der Waals surface area contributed by atoms with Crippen LogP contribution in [0.15, 0.2) is 42.7 Å². The van der Waals surface area contributed by atoms with Crippen LogP contribution < -0.4 is 11.5 Å². The van der Waals surface area contributed by atoms with E-state index in [4.69, 9.17) is 11.5 Å². The Bertz CT molecular complexity index is 762. The standard InChI is InChI=1S/C14H11N3OS/c15-9-3-1-8(2-4-9)11-6-17-7-13-10(11)5-12(19-13)14(16)18/h1-7H,15H2,(H2,16,18). The largest absolute Gasteiger partial charge is 0.399 e. The van der Waals surface area contributed by atoms with Crippen molar-refractivity contribution in [3.8, 4) is 11.1 Å². The number of rotatable bonds is 2. The van der Waals surface area contributed by atoms with Gasteiger partial charge in [-0.25, -0.2) is 0 Å². The molecule has 4 N–H and O–H groups in total. The number of hydrogen-bond donors (Lipinski definition) is 2. The lowest BCUT2D eigenvalue weighted by Crippen LogP contribution is -2.08. The topological polar surface area (TPSA) is 82.0 Å². The predicted molar refractivity (Wildman–Crippen MR) is 78.0 cm³/mol. The highest BCUT2D eigenvalue weighted by atomic mass is 32.1. The highest BCUT2D eigenvalue weighted by molar-refractivity contribution is 7.20. The molecule has 2 aromatic heterocycles. The lowest BCUT2D eigenvalue weighted by Gasteiger charge is -2.03. The van der Waals surface area contributed by atoms with E-state index in [0.717, 1.165) is 21.2 Å². The van der Waals surface area contributed by atoms with Crippen LogP contribution >= 0.6 is 11.3 Å². The molecule has 0 aliphatic rings. The quantitative estimate of drug-likeness (QED) is 0.702. The second-order valence-electron chi connectivity index (χ2n) is 4.20. The number of hydrogen-bond acceptors (Lipinski definition) is 4. The molecule has 0 spiro atoms. The Morgan fingerprint density at radius 3 is 2.58 bits per heavy atom. The van der Waals surface area contributed by atoms with Gasteiger partial charge in [0, 0.05) is 29.0 Å². The van der Waals surface area contributed by atoms with Crippen molar-refractivity contribution in [2.24, 2.45) is 5.73 Å². The SMILES string of the molecule is NC(=O)c1cc2c(-c3ccc(N)cc3)cncc2s1. The van der Waals surface area contributed by atoms with Gasteiger partial charge in [-0.05, 0) is 23.8 Å². The summed E-state index contributed by atoms with van der Waals surface area (Å²) in [6.07, 6.45) is 3.53. The number of primary amides is 1. The zero-order valence-electron chi connectivity index (χ0n) is 9.96. The minimum absolute atomic E-state index is 0.413. The summed E-state index contributed by atoms with van der Waals surface area (Å²) in [5.41, 5.74) is 13.7. The van der Waals surface area contributed by atoms with Crippen molar-refractivity contribution in [3.63, 3.8) is 0 Å². The van der Waals surface area contributed by atoms with E-state index in [1.165, 1.54) is 11.3 Å². The van der Waals surface area contributed by atoms with Crippen molar-refractivity contribution in [3.05, 3.63) is 47.6 Å². The molecule has 1 aromatic carbocycles. The Labute approximate surface area is 113 Å². The third-order valence-corrected chi connectivity index (χ3v) is 4.00. The number of nitrogens with two attached hydrogens (primary N) is 2. The van der Waals surface area contributed by atoms with Crippen LogP contribution in [0.2, 0.25) is 0 Å². The van der Waals surface area contributed by atoms with E-state index in [1.807, 2.05) is 30.3 Å². The fourth-order valence-electron chi connectivity index (χ4n) is 1.97. The summed E-state index contributed by atoms with van der Waals surface area (Å²) in [5.74, 6) is -0.413. The summed E-state index contributed by atoms with van der Waals surface area (Å²) in [6.45, 7) is 0. The molecule has 0 fully saturated rings. The number of thiophene rings is 1. The summed E-state index contributed by atoms with van der Waals surface area (Å²) in [7, 11) is 0. The molecule has 0 unspecified atom stereocenters. The maximum Gasteiger partial charge on any atom is 0.258 e. The number of fused-ring (bicyclic) bond motifs is 1. The first kappa shape index (κ1) is 11.7. The molecule has 0 aliphatic heterocycles. The van der Waals surface area contributed by atoms with Crippen molar-refractivity contribution >= 4 is 33.0 Å². The lowest BCUT2D eigenvalue weighted by molar-refractivity contribution is 0.100.